The van der Waals surface area contributed by atoms with E-state index >= 15 is 0 Å². The Morgan fingerprint density at radius 2 is 1.62 bits per heavy atom. The molecule has 9 heteroatoms. The van der Waals surface area contributed by atoms with Gasteiger partial charge >= 0.3 is 5.97 Å². The summed E-state index contributed by atoms with van der Waals surface area (Å²) in [4.78, 5) is 23.1. The number of carbonyl (C=O) groups excluding carboxylic acids is 1. The number of aromatic nitrogens is 2. The number of carboxylic acid groups (broad SMARTS) is 1. The van der Waals surface area contributed by atoms with Crippen LogP contribution in [0.2, 0.25) is 5.02 Å². The van der Waals surface area contributed by atoms with E-state index < -0.39 is 5.97 Å². The lowest BCUT2D eigenvalue weighted by Gasteiger charge is -1.99. The summed E-state index contributed by atoms with van der Waals surface area (Å²) in [6, 6.07) is 17.2. The van der Waals surface area contributed by atoms with Gasteiger partial charge in [-0.1, -0.05) is 35.9 Å². The number of thioether (sulfide) groups is 1. The van der Waals surface area contributed by atoms with E-state index in [1.54, 1.807) is 60.7 Å². The normalized spacial score (nSPS) is 11.5. The van der Waals surface area contributed by atoms with Crippen LogP contribution in [0.5, 0.6) is 0 Å². The van der Waals surface area contributed by atoms with Crippen LogP contribution in [0.1, 0.15) is 23.0 Å². The topological polar surface area (TPSA) is 106 Å². The molecule has 2 aromatic heterocycles. The number of carboxylic acids is 1. The number of benzene rings is 2. The zero-order valence-corrected chi connectivity index (χ0v) is 18.2. The van der Waals surface area contributed by atoms with Crippen LogP contribution in [0, 0.1) is 0 Å². The predicted octanol–water partition coefficient (Wildman–Crippen LogP) is 6.07. The predicted molar refractivity (Wildman–Crippen MR) is 120 cm³/mol. The molecule has 0 aliphatic heterocycles. The SMILES string of the molecule is CC(=O)c1ccc(-c2ccc(/C=C(\Sc3nnc(-c4ccc(Cl)cc4)o3)C(=O)O)o2)cc1. The summed E-state index contributed by atoms with van der Waals surface area (Å²) in [5, 5.41) is 18.1. The maximum Gasteiger partial charge on any atom is 0.342 e. The van der Waals surface area contributed by atoms with Gasteiger partial charge in [-0.05, 0) is 55.1 Å². The van der Waals surface area contributed by atoms with Crippen LogP contribution in [0.3, 0.4) is 0 Å². The van der Waals surface area contributed by atoms with Crippen LogP contribution in [-0.4, -0.2) is 27.1 Å². The fourth-order valence-corrected chi connectivity index (χ4v) is 3.55. The van der Waals surface area contributed by atoms with E-state index in [4.69, 9.17) is 20.4 Å². The van der Waals surface area contributed by atoms with Crippen LogP contribution >= 0.6 is 23.4 Å². The third-order valence-electron chi connectivity index (χ3n) is 4.38. The molecule has 0 saturated carbocycles. The molecule has 0 radical (unpaired) electrons. The van der Waals surface area contributed by atoms with Crippen LogP contribution in [0.25, 0.3) is 28.9 Å². The van der Waals surface area contributed by atoms with Crippen LogP contribution in [0.4, 0.5) is 0 Å². The van der Waals surface area contributed by atoms with Gasteiger partial charge in [-0.3, -0.25) is 4.79 Å². The molecule has 0 saturated heterocycles. The summed E-state index contributed by atoms with van der Waals surface area (Å²) in [7, 11) is 0. The highest BCUT2D eigenvalue weighted by molar-refractivity contribution is 8.03. The Morgan fingerprint density at radius 3 is 2.28 bits per heavy atom. The molecule has 0 unspecified atom stereocenters. The number of carbonyl (C=O) groups is 2. The molecule has 0 aliphatic rings. The van der Waals surface area contributed by atoms with Crippen molar-refractivity contribution >= 4 is 41.2 Å². The van der Waals surface area contributed by atoms with E-state index in [1.165, 1.54) is 13.0 Å². The molecular formula is C23H15ClN2O5S. The molecule has 160 valence electrons. The monoisotopic (exact) mass is 466 g/mol. The summed E-state index contributed by atoms with van der Waals surface area (Å²) >= 11 is 6.70. The van der Waals surface area contributed by atoms with Crippen LogP contribution in [0.15, 0.2) is 79.6 Å². The lowest BCUT2D eigenvalue weighted by molar-refractivity contribution is -0.131. The van der Waals surface area contributed by atoms with Crippen LogP contribution in [-0.2, 0) is 4.79 Å². The smallest absolute Gasteiger partial charge is 0.342 e. The minimum Gasteiger partial charge on any atom is -0.477 e. The highest BCUT2D eigenvalue weighted by Crippen LogP contribution is 2.31. The highest BCUT2D eigenvalue weighted by atomic mass is 35.5. The maximum absolute atomic E-state index is 11.7. The molecule has 2 heterocycles. The van der Waals surface area contributed by atoms with Gasteiger partial charge in [-0.15, -0.1) is 10.2 Å². The summed E-state index contributed by atoms with van der Waals surface area (Å²) in [5.74, 6) is -0.0434. The first-order valence-corrected chi connectivity index (χ1v) is 10.5. The fourth-order valence-electron chi connectivity index (χ4n) is 2.77. The average molecular weight is 467 g/mol. The lowest BCUT2D eigenvalue weighted by Crippen LogP contribution is -1.96. The molecule has 2 aromatic carbocycles. The van der Waals surface area contributed by atoms with E-state index in [0.29, 0.717) is 27.7 Å². The van der Waals surface area contributed by atoms with Gasteiger partial charge in [0.05, 0.1) is 0 Å². The van der Waals surface area contributed by atoms with Gasteiger partial charge < -0.3 is 13.9 Å². The first-order valence-electron chi connectivity index (χ1n) is 9.32. The van der Waals surface area contributed by atoms with E-state index in [2.05, 4.69) is 10.2 Å². The second-order valence-electron chi connectivity index (χ2n) is 6.63. The Hall–Kier alpha value is -3.62. The maximum atomic E-state index is 11.7. The number of hydrogen-bond donors (Lipinski definition) is 1. The van der Waals surface area contributed by atoms with Crippen molar-refractivity contribution in [1.82, 2.24) is 10.2 Å². The van der Waals surface area contributed by atoms with Crippen molar-refractivity contribution in [3.8, 4) is 22.8 Å². The standard InChI is InChI=1S/C23H15ClN2O5S/c1-13(27)14-2-4-15(5-3-14)19-11-10-18(30-19)12-20(22(28)29)32-23-26-25-21(31-23)16-6-8-17(24)9-7-16/h2-12H,1H3,(H,28,29)/b20-12-. The van der Waals surface area contributed by atoms with Crippen molar-refractivity contribution in [2.75, 3.05) is 0 Å². The van der Waals surface area contributed by atoms with E-state index in [9.17, 15) is 14.7 Å². The number of aliphatic carboxylic acids is 1. The first-order chi connectivity index (χ1) is 15.4. The molecule has 0 atom stereocenters. The number of furan rings is 1. The molecule has 7 nitrogen and oxygen atoms in total. The van der Waals surface area contributed by atoms with Gasteiger partial charge in [0.15, 0.2) is 5.78 Å². The number of ketones is 1. The van der Waals surface area contributed by atoms with E-state index in [-0.39, 0.29) is 21.8 Å². The zero-order chi connectivity index (χ0) is 22.7. The van der Waals surface area contributed by atoms with E-state index in [0.717, 1.165) is 17.3 Å². The Bertz CT molecular complexity index is 1310. The Balaban J connectivity index is 1.53. The zero-order valence-electron chi connectivity index (χ0n) is 16.6. The van der Waals surface area contributed by atoms with Crippen molar-refractivity contribution in [3.63, 3.8) is 0 Å². The minimum atomic E-state index is -1.16. The molecule has 0 aliphatic carbocycles. The van der Waals surface area contributed by atoms with E-state index in [1.807, 2.05) is 0 Å². The summed E-state index contributed by atoms with van der Waals surface area (Å²) in [6.45, 7) is 1.50. The molecule has 0 spiro atoms. The summed E-state index contributed by atoms with van der Waals surface area (Å²) < 4.78 is 11.3. The number of Topliss-reactive ketones (excluding diaryl/α,β-unsaturated/α-hetero) is 1. The number of nitrogens with zero attached hydrogens (tertiary/aromatic N) is 2. The van der Waals surface area contributed by atoms with Crippen molar-refractivity contribution in [2.24, 2.45) is 0 Å². The molecule has 32 heavy (non-hydrogen) atoms. The molecular weight excluding hydrogens is 452 g/mol. The van der Waals surface area contributed by atoms with Gasteiger partial charge in [0.2, 0.25) is 5.89 Å². The van der Waals surface area contributed by atoms with Crippen molar-refractivity contribution in [2.45, 2.75) is 12.1 Å². The van der Waals surface area contributed by atoms with Crippen molar-refractivity contribution in [3.05, 3.63) is 81.9 Å². The summed E-state index contributed by atoms with van der Waals surface area (Å²) in [5.41, 5.74) is 2.03. The van der Waals surface area contributed by atoms with Gasteiger partial charge in [0.1, 0.15) is 16.4 Å². The molecule has 4 rings (SSSR count). The Labute approximate surface area is 191 Å². The third-order valence-corrected chi connectivity index (χ3v) is 5.49. The minimum absolute atomic E-state index is 0.0250. The van der Waals surface area contributed by atoms with Crippen molar-refractivity contribution in [1.29, 1.82) is 0 Å². The first kappa shape index (κ1) is 21.6. The Kier molecular flexibility index (Phi) is 6.25. The summed E-state index contributed by atoms with van der Waals surface area (Å²) in [6.07, 6.45) is 1.38. The van der Waals surface area contributed by atoms with Crippen LogP contribution < -0.4 is 0 Å². The quantitative estimate of drug-likeness (QED) is 0.198. The lowest BCUT2D eigenvalue weighted by atomic mass is 10.1. The van der Waals surface area contributed by atoms with Gasteiger partial charge in [0, 0.05) is 27.8 Å². The molecule has 4 aromatic rings. The second-order valence-corrected chi connectivity index (χ2v) is 8.06. The second kappa shape index (κ2) is 9.25. The van der Waals surface area contributed by atoms with Gasteiger partial charge in [0.25, 0.3) is 5.22 Å². The molecule has 1 N–H and O–H groups in total. The van der Waals surface area contributed by atoms with Gasteiger partial charge in [-0.2, -0.15) is 0 Å². The fraction of sp³-hybridized carbons (Fsp3) is 0.0435. The number of rotatable bonds is 7. The molecule has 0 fully saturated rings. The number of hydrogen-bond acceptors (Lipinski definition) is 7. The average Bonchev–Trinajstić information content (AvgIpc) is 3.44. The third kappa shape index (κ3) is 4.99. The highest BCUT2D eigenvalue weighted by Gasteiger charge is 2.17. The Morgan fingerprint density at radius 1 is 0.938 bits per heavy atom. The van der Waals surface area contributed by atoms with Crippen molar-refractivity contribution < 1.29 is 23.5 Å². The number of halogens is 1. The van der Waals surface area contributed by atoms with Gasteiger partial charge in [-0.25, -0.2) is 4.79 Å². The molecule has 0 amide bonds. The molecule has 0 bridgehead atoms. The largest absolute Gasteiger partial charge is 0.477 e.